The van der Waals surface area contributed by atoms with Crippen molar-refractivity contribution in [2.24, 2.45) is 5.92 Å². The van der Waals surface area contributed by atoms with Crippen LogP contribution < -0.4 is 0 Å². The highest BCUT2D eigenvalue weighted by molar-refractivity contribution is 5.89. The molecule has 0 saturated heterocycles. The van der Waals surface area contributed by atoms with Gasteiger partial charge in [0.15, 0.2) is 0 Å². The average Bonchev–Trinajstić information content (AvgIpc) is 2.23. The summed E-state index contributed by atoms with van der Waals surface area (Å²) in [5.74, 6) is -0.0730. The number of aliphatic hydroxyl groups excluding tert-OH is 1. The molecule has 3 heteroatoms. The first-order chi connectivity index (χ1) is 7.16. The van der Waals surface area contributed by atoms with Crippen LogP contribution in [0.5, 0.6) is 0 Å². The maximum atomic E-state index is 11.1. The fraction of sp³-hybridized carbons (Fsp3) is 0.417. The molecule has 0 fully saturated rings. The average molecular weight is 208 g/mol. The predicted octanol–water partition coefficient (Wildman–Crippen LogP) is 2.51. The fourth-order valence-corrected chi connectivity index (χ4v) is 1.49. The number of ether oxygens (including phenoxy) is 1. The van der Waals surface area contributed by atoms with Gasteiger partial charge in [0, 0.05) is 11.5 Å². The summed E-state index contributed by atoms with van der Waals surface area (Å²) in [5.41, 5.74) is 0.626. The van der Waals surface area contributed by atoms with Gasteiger partial charge in [-0.1, -0.05) is 26.0 Å². The Labute approximate surface area is 89.7 Å². The highest BCUT2D eigenvalue weighted by Gasteiger charge is 2.28. The van der Waals surface area contributed by atoms with Gasteiger partial charge in [-0.05, 0) is 19.1 Å². The number of esters is 1. The van der Waals surface area contributed by atoms with Crippen molar-refractivity contribution < 1.29 is 14.6 Å². The smallest absolute Gasteiger partial charge is 0.334 e. The first-order valence-electron chi connectivity index (χ1n) is 5.15. The van der Waals surface area contributed by atoms with Crippen molar-refractivity contribution in [1.29, 1.82) is 0 Å². The molecule has 2 atom stereocenters. The molecule has 82 valence electrons. The molecule has 3 nitrogen and oxygen atoms in total. The molecule has 1 aliphatic carbocycles. The van der Waals surface area contributed by atoms with Crippen molar-refractivity contribution in [3.05, 3.63) is 35.6 Å². The van der Waals surface area contributed by atoms with Crippen LogP contribution in [-0.4, -0.2) is 17.2 Å². The van der Waals surface area contributed by atoms with Gasteiger partial charge in [0.25, 0.3) is 0 Å². The van der Waals surface area contributed by atoms with E-state index >= 15 is 0 Å². The zero-order chi connectivity index (χ0) is 11.4. The number of carbonyl (C=O) groups is 1. The second kappa shape index (κ2) is 4.82. The molecule has 2 aliphatic rings. The van der Waals surface area contributed by atoms with Crippen molar-refractivity contribution in [2.75, 3.05) is 0 Å². The second-order valence-electron chi connectivity index (χ2n) is 3.25. The van der Waals surface area contributed by atoms with Gasteiger partial charge in [0.05, 0.1) is 0 Å². The zero-order valence-corrected chi connectivity index (χ0v) is 9.23. The quantitative estimate of drug-likeness (QED) is 0.622. The maximum Gasteiger partial charge on any atom is 0.334 e. The Morgan fingerprint density at radius 3 is 2.67 bits per heavy atom. The van der Waals surface area contributed by atoms with Gasteiger partial charge in [-0.25, -0.2) is 4.79 Å². The number of fused-ring (bicyclic) bond motifs is 1. The van der Waals surface area contributed by atoms with Crippen molar-refractivity contribution in [2.45, 2.75) is 26.9 Å². The summed E-state index contributed by atoms with van der Waals surface area (Å²) in [7, 11) is 0. The van der Waals surface area contributed by atoms with Crippen molar-refractivity contribution in [3.63, 3.8) is 0 Å². The summed E-state index contributed by atoms with van der Waals surface area (Å²) >= 11 is 0. The van der Waals surface area contributed by atoms with Crippen LogP contribution in [0.4, 0.5) is 0 Å². The molecule has 1 N–H and O–H groups in total. The van der Waals surface area contributed by atoms with Gasteiger partial charge in [-0.15, -0.1) is 0 Å². The number of hydrogen-bond donors (Lipinski definition) is 1. The fourth-order valence-electron chi connectivity index (χ4n) is 1.49. The van der Waals surface area contributed by atoms with Crippen LogP contribution in [0.2, 0.25) is 0 Å². The molecule has 2 rings (SSSR count). The van der Waals surface area contributed by atoms with Crippen molar-refractivity contribution in [1.82, 2.24) is 0 Å². The molecule has 1 heterocycles. The maximum absolute atomic E-state index is 11.1. The lowest BCUT2D eigenvalue weighted by Gasteiger charge is -2.26. The molecule has 0 amide bonds. The lowest BCUT2D eigenvalue weighted by atomic mass is 9.92. The molecule has 0 radical (unpaired) electrons. The molecule has 0 spiro atoms. The van der Waals surface area contributed by atoms with E-state index in [9.17, 15) is 4.79 Å². The third kappa shape index (κ3) is 2.49. The number of rotatable bonds is 0. The second-order valence-corrected chi connectivity index (χ2v) is 3.25. The topological polar surface area (TPSA) is 46.5 Å². The van der Waals surface area contributed by atoms with E-state index in [1.165, 1.54) is 0 Å². The monoisotopic (exact) mass is 208 g/mol. The van der Waals surface area contributed by atoms with Gasteiger partial charge >= 0.3 is 5.97 Å². The third-order valence-electron chi connectivity index (χ3n) is 2.21. The zero-order valence-electron chi connectivity index (χ0n) is 9.23. The first kappa shape index (κ1) is 11.6. The number of carbonyl (C=O) groups excluding carboxylic acids is 1. The third-order valence-corrected chi connectivity index (χ3v) is 2.21. The summed E-state index contributed by atoms with van der Waals surface area (Å²) < 4.78 is 5.08. The Morgan fingerprint density at radius 1 is 1.33 bits per heavy atom. The van der Waals surface area contributed by atoms with Gasteiger partial charge in [0.1, 0.15) is 11.9 Å². The minimum atomic E-state index is -0.332. The number of allylic oxidation sites excluding steroid dienone is 1. The van der Waals surface area contributed by atoms with Crippen molar-refractivity contribution in [3.8, 4) is 0 Å². The van der Waals surface area contributed by atoms with E-state index < -0.39 is 0 Å². The van der Waals surface area contributed by atoms with Crippen LogP contribution >= 0.6 is 0 Å². The molecule has 2 unspecified atom stereocenters. The SMILES string of the molecule is CC.CC1=CC2C=CC(O)=CC2OC1=O. The number of hydrogen-bond acceptors (Lipinski definition) is 3. The Hall–Kier alpha value is -1.51. The highest BCUT2D eigenvalue weighted by Crippen LogP contribution is 2.26. The van der Waals surface area contributed by atoms with Gasteiger partial charge in [0.2, 0.25) is 0 Å². The van der Waals surface area contributed by atoms with E-state index in [1.807, 2.05) is 26.0 Å². The number of aliphatic hydroxyl groups is 1. The van der Waals surface area contributed by atoms with Crippen molar-refractivity contribution >= 4 is 5.97 Å². The summed E-state index contributed by atoms with van der Waals surface area (Å²) in [6.45, 7) is 5.73. The van der Waals surface area contributed by atoms with E-state index in [0.717, 1.165) is 0 Å². The van der Waals surface area contributed by atoms with Crippen LogP contribution in [0.25, 0.3) is 0 Å². The molecule has 15 heavy (non-hydrogen) atoms. The lowest BCUT2D eigenvalue weighted by molar-refractivity contribution is -0.144. The molecule has 0 saturated carbocycles. The minimum Gasteiger partial charge on any atom is -0.508 e. The Kier molecular flexibility index (Phi) is 3.72. The van der Waals surface area contributed by atoms with E-state index in [1.54, 1.807) is 19.1 Å². The lowest BCUT2D eigenvalue weighted by Crippen LogP contribution is -2.30. The summed E-state index contributed by atoms with van der Waals surface area (Å²) in [5, 5.41) is 9.16. The van der Waals surface area contributed by atoms with E-state index in [-0.39, 0.29) is 23.8 Å². The van der Waals surface area contributed by atoms with E-state index in [4.69, 9.17) is 9.84 Å². The van der Waals surface area contributed by atoms with Gasteiger partial charge in [-0.3, -0.25) is 0 Å². The predicted molar refractivity (Wildman–Crippen MR) is 58.3 cm³/mol. The Balaban J connectivity index is 0.000000531. The van der Waals surface area contributed by atoms with E-state index in [0.29, 0.717) is 5.57 Å². The van der Waals surface area contributed by atoms with Crippen LogP contribution in [0.15, 0.2) is 35.6 Å². The van der Waals surface area contributed by atoms with Crippen LogP contribution in [0, 0.1) is 5.92 Å². The van der Waals surface area contributed by atoms with Crippen LogP contribution in [0.3, 0.4) is 0 Å². The summed E-state index contributed by atoms with van der Waals surface area (Å²) in [6.07, 6.45) is 6.52. The minimum absolute atomic E-state index is 0.0774. The molecule has 0 aromatic heterocycles. The summed E-state index contributed by atoms with van der Waals surface area (Å²) in [4.78, 5) is 11.1. The van der Waals surface area contributed by atoms with Gasteiger partial charge in [-0.2, -0.15) is 0 Å². The first-order valence-corrected chi connectivity index (χ1v) is 5.15. The van der Waals surface area contributed by atoms with Gasteiger partial charge < -0.3 is 9.84 Å². The molecule has 0 aromatic carbocycles. The summed E-state index contributed by atoms with van der Waals surface area (Å²) in [6, 6.07) is 0. The van der Waals surface area contributed by atoms with E-state index in [2.05, 4.69) is 0 Å². The van der Waals surface area contributed by atoms with Crippen LogP contribution in [-0.2, 0) is 9.53 Å². The standard InChI is InChI=1S/C10H10O3.C2H6/c1-6-4-7-2-3-8(11)5-9(7)13-10(6)12;1-2/h2-5,7,9,11H,1H3;1-2H3. The molecular formula is C12H16O3. The van der Waals surface area contributed by atoms with Crippen LogP contribution in [0.1, 0.15) is 20.8 Å². The molecular weight excluding hydrogens is 192 g/mol. The molecule has 0 aromatic rings. The largest absolute Gasteiger partial charge is 0.508 e. The molecule has 0 bridgehead atoms. The normalized spacial score (nSPS) is 27.8. The highest BCUT2D eigenvalue weighted by atomic mass is 16.5. The molecule has 1 aliphatic heterocycles. The Bertz CT molecular complexity index is 337. The Morgan fingerprint density at radius 2 is 2.00 bits per heavy atom.